The maximum atomic E-state index is 12.9. The number of nitrogens with two attached hydrogens (primary N) is 1. The topological polar surface area (TPSA) is 72.2 Å². The highest BCUT2D eigenvalue weighted by Gasteiger charge is 2.27. The summed E-state index contributed by atoms with van der Waals surface area (Å²) in [4.78, 5) is 0. The minimum atomic E-state index is -3.42. The van der Waals surface area contributed by atoms with Crippen LogP contribution in [0.3, 0.4) is 0 Å². The average Bonchev–Trinajstić information content (AvgIpc) is 2.34. The Bertz CT molecular complexity index is 525. The molecule has 0 saturated heterocycles. The molecule has 100 valence electrons. The van der Waals surface area contributed by atoms with Gasteiger partial charge in [0.15, 0.2) is 0 Å². The van der Waals surface area contributed by atoms with E-state index in [4.69, 9.17) is 5.73 Å². The third-order valence-electron chi connectivity index (χ3n) is 3.26. The predicted molar refractivity (Wildman–Crippen MR) is 70.2 cm³/mol. The van der Waals surface area contributed by atoms with E-state index in [1.165, 1.54) is 12.1 Å². The van der Waals surface area contributed by atoms with Gasteiger partial charge < -0.3 is 5.73 Å². The van der Waals surface area contributed by atoms with Gasteiger partial charge in [-0.2, -0.15) is 0 Å². The Labute approximate surface area is 106 Å². The van der Waals surface area contributed by atoms with Gasteiger partial charge >= 0.3 is 0 Å². The molecule has 1 fully saturated rings. The number of anilines is 2. The van der Waals surface area contributed by atoms with Crippen LogP contribution >= 0.6 is 0 Å². The van der Waals surface area contributed by atoms with Crippen LogP contribution in [0.25, 0.3) is 0 Å². The molecule has 1 aromatic carbocycles. The van der Waals surface area contributed by atoms with E-state index >= 15 is 0 Å². The highest BCUT2D eigenvalue weighted by atomic mass is 32.2. The van der Waals surface area contributed by atoms with Crippen LogP contribution in [0.15, 0.2) is 18.2 Å². The van der Waals surface area contributed by atoms with E-state index in [-0.39, 0.29) is 16.6 Å². The van der Waals surface area contributed by atoms with Crippen molar-refractivity contribution in [1.82, 2.24) is 0 Å². The Balaban J connectivity index is 2.16. The van der Waals surface area contributed by atoms with Gasteiger partial charge in [0.1, 0.15) is 5.82 Å². The fourth-order valence-corrected chi connectivity index (χ4v) is 3.85. The van der Waals surface area contributed by atoms with E-state index in [0.717, 1.165) is 25.3 Å². The van der Waals surface area contributed by atoms with Crippen LogP contribution in [0.1, 0.15) is 32.1 Å². The maximum absolute atomic E-state index is 12.9. The number of benzene rings is 1. The van der Waals surface area contributed by atoms with Crippen molar-refractivity contribution in [3.63, 3.8) is 0 Å². The molecule has 0 bridgehead atoms. The van der Waals surface area contributed by atoms with E-state index in [2.05, 4.69) is 4.72 Å². The van der Waals surface area contributed by atoms with E-state index in [1.54, 1.807) is 0 Å². The Kier molecular flexibility index (Phi) is 3.75. The molecule has 2 rings (SSSR count). The summed E-state index contributed by atoms with van der Waals surface area (Å²) in [5.41, 5.74) is 5.95. The van der Waals surface area contributed by atoms with E-state index in [0.29, 0.717) is 12.8 Å². The third kappa shape index (κ3) is 2.93. The summed E-state index contributed by atoms with van der Waals surface area (Å²) in [5.74, 6) is -0.479. The summed E-state index contributed by atoms with van der Waals surface area (Å²) >= 11 is 0. The van der Waals surface area contributed by atoms with Crippen molar-refractivity contribution in [3.8, 4) is 0 Å². The molecule has 1 aliphatic carbocycles. The van der Waals surface area contributed by atoms with Crippen molar-refractivity contribution in [2.24, 2.45) is 0 Å². The van der Waals surface area contributed by atoms with Crippen LogP contribution < -0.4 is 10.5 Å². The third-order valence-corrected chi connectivity index (χ3v) is 5.11. The van der Waals surface area contributed by atoms with Gasteiger partial charge in [-0.05, 0) is 31.0 Å². The van der Waals surface area contributed by atoms with Gasteiger partial charge in [-0.15, -0.1) is 0 Å². The lowest BCUT2D eigenvalue weighted by Crippen LogP contribution is -2.30. The SMILES string of the molecule is Nc1cc(F)ccc1NS(=O)(=O)C1CCCCC1. The van der Waals surface area contributed by atoms with Crippen molar-refractivity contribution < 1.29 is 12.8 Å². The molecule has 0 heterocycles. The molecule has 0 radical (unpaired) electrons. The number of hydrogen-bond acceptors (Lipinski definition) is 3. The zero-order chi connectivity index (χ0) is 13.2. The van der Waals surface area contributed by atoms with Crippen molar-refractivity contribution in [2.45, 2.75) is 37.4 Å². The van der Waals surface area contributed by atoms with Crippen LogP contribution in [-0.2, 0) is 10.0 Å². The van der Waals surface area contributed by atoms with Gasteiger partial charge in [0.05, 0.1) is 16.6 Å². The molecule has 1 aliphatic rings. The summed E-state index contributed by atoms with van der Waals surface area (Å²) in [6, 6.07) is 3.65. The molecular weight excluding hydrogens is 255 g/mol. The second kappa shape index (κ2) is 5.14. The van der Waals surface area contributed by atoms with Gasteiger partial charge in [-0.25, -0.2) is 12.8 Å². The minimum Gasteiger partial charge on any atom is -0.397 e. The fraction of sp³-hybridized carbons (Fsp3) is 0.500. The molecule has 0 atom stereocenters. The molecule has 0 unspecified atom stereocenters. The quantitative estimate of drug-likeness (QED) is 0.830. The fourth-order valence-electron chi connectivity index (χ4n) is 2.24. The van der Waals surface area contributed by atoms with Crippen molar-refractivity contribution >= 4 is 21.4 Å². The summed E-state index contributed by atoms with van der Waals surface area (Å²) in [6.45, 7) is 0. The summed E-state index contributed by atoms with van der Waals surface area (Å²) < 4.78 is 39.6. The van der Waals surface area contributed by atoms with Gasteiger partial charge in [0.25, 0.3) is 0 Å². The zero-order valence-corrected chi connectivity index (χ0v) is 10.8. The van der Waals surface area contributed by atoms with Gasteiger partial charge in [0.2, 0.25) is 10.0 Å². The maximum Gasteiger partial charge on any atom is 0.235 e. The number of halogens is 1. The molecule has 18 heavy (non-hydrogen) atoms. The molecule has 0 amide bonds. The van der Waals surface area contributed by atoms with Crippen LogP contribution in [0.5, 0.6) is 0 Å². The summed E-state index contributed by atoms with van der Waals surface area (Å²) in [6.07, 6.45) is 4.31. The van der Waals surface area contributed by atoms with E-state index < -0.39 is 15.8 Å². The van der Waals surface area contributed by atoms with Crippen LogP contribution in [0.4, 0.5) is 15.8 Å². The average molecular weight is 272 g/mol. The lowest BCUT2D eigenvalue weighted by atomic mass is 10.0. The normalized spacial score (nSPS) is 17.6. The number of nitrogens with one attached hydrogen (secondary N) is 1. The highest BCUT2D eigenvalue weighted by Crippen LogP contribution is 2.27. The molecular formula is C12H17FN2O2S. The first kappa shape index (κ1) is 13.1. The van der Waals surface area contributed by atoms with Crippen molar-refractivity contribution in [2.75, 3.05) is 10.5 Å². The predicted octanol–water partition coefficient (Wildman–Crippen LogP) is 2.48. The largest absolute Gasteiger partial charge is 0.397 e. The molecule has 4 nitrogen and oxygen atoms in total. The first-order chi connectivity index (χ1) is 8.49. The molecule has 6 heteroatoms. The summed E-state index contributed by atoms with van der Waals surface area (Å²) in [7, 11) is -3.42. The molecule has 1 aromatic rings. The first-order valence-corrected chi connectivity index (χ1v) is 7.60. The zero-order valence-electron chi connectivity index (χ0n) is 10.0. The number of nitrogen functional groups attached to an aromatic ring is 1. The Morgan fingerprint density at radius 1 is 1.22 bits per heavy atom. The Morgan fingerprint density at radius 3 is 2.50 bits per heavy atom. The van der Waals surface area contributed by atoms with Crippen molar-refractivity contribution in [1.29, 1.82) is 0 Å². The van der Waals surface area contributed by atoms with Gasteiger partial charge in [0, 0.05) is 0 Å². The summed E-state index contributed by atoms with van der Waals surface area (Å²) in [5, 5.41) is -0.365. The second-order valence-corrected chi connectivity index (χ2v) is 6.60. The standard InChI is InChI=1S/C12H17FN2O2S/c13-9-6-7-12(11(14)8-9)15-18(16,17)10-4-2-1-3-5-10/h6-8,10,15H,1-5,14H2. The molecule has 0 spiro atoms. The first-order valence-electron chi connectivity index (χ1n) is 6.06. The van der Waals surface area contributed by atoms with Crippen LogP contribution in [0.2, 0.25) is 0 Å². The number of hydrogen-bond donors (Lipinski definition) is 2. The Hall–Kier alpha value is -1.30. The number of sulfonamides is 1. The van der Waals surface area contributed by atoms with E-state index in [9.17, 15) is 12.8 Å². The van der Waals surface area contributed by atoms with Gasteiger partial charge in [-0.1, -0.05) is 19.3 Å². The minimum absolute atomic E-state index is 0.106. The monoisotopic (exact) mass is 272 g/mol. The molecule has 0 aromatic heterocycles. The molecule has 1 saturated carbocycles. The van der Waals surface area contributed by atoms with Gasteiger partial charge in [-0.3, -0.25) is 4.72 Å². The smallest absolute Gasteiger partial charge is 0.235 e. The van der Waals surface area contributed by atoms with E-state index in [1.807, 2.05) is 0 Å². The lowest BCUT2D eigenvalue weighted by molar-refractivity contribution is 0.486. The van der Waals surface area contributed by atoms with Crippen molar-refractivity contribution in [3.05, 3.63) is 24.0 Å². The van der Waals surface area contributed by atoms with Crippen LogP contribution in [-0.4, -0.2) is 13.7 Å². The molecule has 0 aliphatic heterocycles. The highest BCUT2D eigenvalue weighted by molar-refractivity contribution is 7.93. The lowest BCUT2D eigenvalue weighted by Gasteiger charge is -2.22. The molecule has 3 N–H and O–H groups in total. The van der Waals surface area contributed by atoms with Crippen LogP contribution in [0, 0.1) is 5.82 Å². The Morgan fingerprint density at radius 2 is 1.89 bits per heavy atom. The number of rotatable bonds is 3. The second-order valence-electron chi connectivity index (χ2n) is 4.64.